The van der Waals surface area contributed by atoms with Crippen LogP contribution in [0.2, 0.25) is 0 Å². The molecule has 17 heavy (non-hydrogen) atoms. The molecule has 0 amide bonds. The Bertz CT molecular complexity index is 357. The van der Waals surface area contributed by atoms with E-state index in [1.54, 1.807) is 0 Å². The third-order valence-corrected chi connectivity index (χ3v) is 3.89. The molecule has 0 saturated carbocycles. The fraction of sp³-hybridized carbons (Fsp3) is 0.571. The SMILES string of the molecule is CC1(Cc2ccc(Br)cc2)CN(CCCF)C1. The zero-order chi connectivity index (χ0) is 12.3. The molecule has 1 fully saturated rings. The molecule has 1 heterocycles. The first-order valence-corrected chi connectivity index (χ1v) is 6.93. The van der Waals surface area contributed by atoms with E-state index in [1.807, 2.05) is 0 Å². The van der Waals surface area contributed by atoms with Crippen LogP contribution in [0.25, 0.3) is 0 Å². The molecule has 1 saturated heterocycles. The molecular weight excluding hydrogens is 281 g/mol. The summed E-state index contributed by atoms with van der Waals surface area (Å²) in [5.74, 6) is 0. The van der Waals surface area contributed by atoms with Gasteiger partial charge in [0.1, 0.15) is 0 Å². The molecule has 3 heteroatoms. The van der Waals surface area contributed by atoms with E-state index in [9.17, 15) is 4.39 Å². The summed E-state index contributed by atoms with van der Waals surface area (Å²) in [7, 11) is 0. The first kappa shape index (κ1) is 13.0. The Kier molecular flexibility index (Phi) is 4.21. The summed E-state index contributed by atoms with van der Waals surface area (Å²) in [6.45, 7) is 5.24. The van der Waals surface area contributed by atoms with Crippen LogP contribution in [0.3, 0.4) is 0 Å². The molecule has 2 rings (SSSR count). The number of nitrogens with zero attached hydrogens (tertiary/aromatic N) is 1. The minimum Gasteiger partial charge on any atom is -0.302 e. The third kappa shape index (κ3) is 3.52. The minimum atomic E-state index is -0.195. The number of benzene rings is 1. The van der Waals surface area contributed by atoms with Gasteiger partial charge in [-0.3, -0.25) is 4.39 Å². The van der Waals surface area contributed by atoms with E-state index < -0.39 is 0 Å². The number of hydrogen-bond donors (Lipinski definition) is 0. The van der Waals surface area contributed by atoms with Gasteiger partial charge in [0, 0.05) is 24.1 Å². The Morgan fingerprint density at radius 3 is 2.53 bits per heavy atom. The van der Waals surface area contributed by atoms with Crippen LogP contribution in [0, 0.1) is 5.41 Å². The fourth-order valence-corrected chi connectivity index (χ4v) is 2.95. The van der Waals surface area contributed by atoms with Crippen LogP contribution < -0.4 is 0 Å². The number of hydrogen-bond acceptors (Lipinski definition) is 1. The number of likely N-dealkylation sites (tertiary alicyclic amines) is 1. The van der Waals surface area contributed by atoms with Gasteiger partial charge in [-0.2, -0.15) is 0 Å². The van der Waals surface area contributed by atoms with Gasteiger partial charge in [0.2, 0.25) is 0 Å². The molecule has 1 aliphatic heterocycles. The summed E-state index contributed by atoms with van der Waals surface area (Å²) in [6.07, 6.45) is 1.79. The fourth-order valence-electron chi connectivity index (χ4n) is 2.68. The molecule has 1 nitrogen and oxygen atoms in total. The summed E-state index contributed by atoms with van der Waals surface area (Å²) < 4.78 is 13.2. The van der Waals surface area contributed by atoms with Crippen molar-refractivity contribution in [3.8, 4) is 0 Å². The molecule has 0 atom stereocenters. The van der Waals surface area contributed by atoms with E-state index in [4.69, 9.17) is 0 Å². The second kappa shape index (κ2) is 5.49. The van der Waals surface area contributed by atoms with Crippen LogP contribution in [0.15, 0.2) is 28.7 Å². The molecule has 1 aromatic carbocycles. The van der Waals surface area contributed by atoms with Gasteiger partial charge in [-0.15, -0.1) is 0 Å². The van der Waals surface area contributed by atoms with Crippen LogP contribution in [-0.2, 0) is 6.42 Å². The summed E-state index contributed by atoms with van der Waals surface area (Å²) in [5, 5.41) is 0. The molecule has 0 N–H and O–H groups in total. The molecule has 0 bridgehead atoms. The van der Waals surface area contributed by atoms with Gasteiger partial charge < -0.3 is 4.90 Å². The number of halogens is 2. The maximum atomic E-state index is 12.1. The van der Waals surface area contributed by atoms with Crippen molar-refractivity contribution in [2.75, 3.05) is 26.3 Å². The molecule has 94 valence electrons. The quantitative estimate of drug-likeness (QED) is 0.802. The maximum absolute atomic E-state index is 12.1. The lowest BCUT2D eigenvalue weighted by Crippen LogP contribution is -2.55. The molecule has 1 aromatic rings. The zero-order valence-electron chi connectivity index (χ0n) is 10.3. The van der Waals surface area contributed by atoms with Crippen molar-refractivity contribution < 1.29 is 4.39 Å². The standard InChI is InChI=1S/C14H19BrFN/c1-14(10-17(11-14)8-2-7-16)9-12-3-5-13(15)6-4-12/h3-6H,2,7-11H2,1H3. The van der Waals surface area contributed by atoms with E-state index in [0.29, 0.717) is 11.8 Å². The van der Waals surface area contributed by atoms with Crippen molar-refractivity contribution >= 4 is 15.9 Å². The molecule has 0 aliphatic carbocycles. The molecular formula is C14H19BrFN. The van der Waals surface area contributed by atoms with Gasteiger partial charge in [-0.05, 0) is 36.0 Å². The van der Waals surface area contributed by atoms with Crippen molar-refractivity contribution in [3.63, 3.8) is 0 Å². The van der Waals surface area contributed by atoms with Gasteiger partial charge in [-0.1, -0.05) is 35.0 Å². The van der Waals surface area contributed by atoms with Gasteiger partial charge in [0.15, 0.2) is 0 Å². The summed E-state index contributed by atoms with van der Waals surface area (Å²) >= 11 is 3.45. The van der Waals surface area contributed by atoms with Gasteiger partial charge in [0.05, 0.1) is 6.67 Å². The molecule has 0 unspecified atom stereocenters. The van der Waals surface area contributed by atoms with Crippen LogP contribution in [-0.4, -0.2) is 31.2 Å². The second-order valence-electron chi connectivity index (χ2n) is 5.37. The minimum absolute atomic E-state index is 0.195. The van der Waals surface area contributed by atoms with Crippen molar-refractivity contribution in [3.05, 3.63) is 34.3 Å². The van der Waals surface area contributed by atoms with Gasteiger partial charge in [-0.25, -0.2) is 0 Å². The molecule has 0 aromatic heterocycles. The Morgan fingerprint density at radius 1 is 1.29 bits per heavy atom. The Morgan fingerprint density at radius 2 is 1.94 bits per heavy atom. The van der Waals surface area contributed by atoms with E-state index in [-0.39, 0.29) is 6.67 Å². The predicted octanol–water partition coefficient (Wildman–Crippen LogP) is 3.67. The largest absolute Gasteiger partial charge is 0.302 e. The zero-order valence-corrected chi connectivity index (χ0v) is 11.8. The van der Waals surface area contributed by atoms with Crippen LogP contribution in [0.1, 0.15) is 18.9 Å². The van der Waals surface area contributed by atoms with E-state index >= 15 is 0 Å². The third-order valence-electron chi connectivity index (χ3n) is 3.36. The number of alkyl halides is 1. The van der Waals surface area contributed by atoms with Crippen LogP contribution in [0.4, 0.5) is 4.39 Å². The summed E-state index contributed by atoms with van der Waals surface area (Å²) in [6, 6.07) is 8.55. The van der Waals surface area contributed by atoms with Gasteiger partial charge in [0.25, 0.3) is 0 Å². The molecule has 0 radical (unpaired) electrons. The average Bonchev–Trinajstić information content (AvgIpc) is 2.27. The number of rotatable bonds is 5. The topological polar surface area (TPSA) is 3.24 Å². The average molecular weight is 300 g/mol. The molecule has 1 aliphatic rings. The predicted molar refractivity (Wildman–Crippen MR) is 73.0 cm³/mol. The van der Waals surface area contributed by atoms with Gasteiger partial charge >= 0.3 is 0 Å². The summed E-state index contributed by atoms with van der Waals surface area (Å²) in [4.78, 5) is 2.35. The Hall–Kier alpha value is -0.410. The smallest absolute Gasteiger partial charge is 0.0906 e. The maximum Gasteiger partial charge on any atom is 0.0906 e. The van der Waals surface area contributed by atoms with Crippen LogP contribution >= 0.6 is 15.9 Å². The van der Waals surface area contributed by atoms with Crippen LogP contribution in [0.5, 0.6) is 0 Å². The highest BCUT2D eigenvalue weighted by atomic mass is 79.9. The second-order valence-corrected chi connectivity index (χ2v) is 6.28. The highest BCUT2D eigenvalue weighted by Gasteiger charge is 2.37. The van der Waals surface area contributed by atoms with Crippen molar-refractivity contribution in [1.29, 1.82) is 0 Å². The highest BCUT2D eigenvalue weighted by Crippen LogP contribution is 2.33. The lowest BCUT2D eigenvalue weighted by molar-refractivity contribution is 0.0142. The van der Waals surface area contributed by atoms with Crippen molar-refractivity contribution in [2.45, 2.75) is 19.8 Å². The first-order chi connectivity index (χ1) is 8.11. The highest BCUT2D eigenvalue weighted by molar-refractivity contribution is 9.10. The lowest BCUT2D eigenvalue weighted by atomic mass is 9.76. The van der Waals surface area contributed by atoms with Crippen molar-refractivity contribution in [1.82, 2.24) is 4.90 Å². The monoisotopic (exact) mass is 299 g/mol. The lowest BCUT2D eigenvalue weighted by Gasteiger charge is -2.48. The molecule has 0 spiro atoms. The van der Waals surface area contributed by atoms with Crippen molar-refractivity contribution in [2.24, 2.45) is 5.41 Å². The van der Waals surface area contributed by atoms with E-state index in [0.717, 1.165) is 30.5 Å². The summed E-state index contributed by atoms with van der Waals surface area (Å²) in [5.41, 5.74) is 1.77. The normalized spacial score (nSPS) is 19.0. The first-order valence-electron chi connectivity index (χ1n) is 6.14. The Balaban J connectivity index is 1.82. The van der Waals surface area contributed by atoms with E-state index in [2.05, 4.69) is 52.0 Å². The van der Waals surface area contributed by atoms with E-state index in [1.165, 1.54) is 5.56 Å². The Labute approximate surface area is 111 Å².